The molecule has 216 valence electrons. The summed E-state index contributed by atoms with van der Waals surface area (Å²) in [5, 5.41) is 12.5. The van der Waals surface area contributed by atoms with E-state index in [0.717, 1.165) is 17.2 Å². The van der Waals surface area contributed by atoms with Gasteiger partial charge in [-0.1, -0.05) is 127 Å². The molecule has 0 saturated carbocycles. The van der Waals surface area contributed by atoms with Crippen molar-refractivity contribution in [1.82, 2.24) is 9.47 Å². The quantitative estimate of drug-likeness (QED) is 0.175. The van der Waals surface area contributed by atoms with E-state index in [1.54, 1.807) is 0 Å². The molecule has 0 bridgehead atoms. The van der Waals surface area contributed by atoms with Gasteiger partial charge in [-0.15, -0.1) is 0 Å². The van der Waals surface area contributed by atoms with Gasteiger partial charge in [0.05, 0.1) is 22.8 Å². The summed E-state index contributed by atoms with van der Waals surface area (Å²) in [6.45, 7) is 0. The standard InChI is InChI=1S/C43H29N3/c1-45-41(31-23-22-27-12-2-3-13-28(27)24-31)36-20-10-11-21-38(36)44-43(45)46-39-26-30-15-5-4-14-29(30)25-37(39)40-34-18-8-6-16-32(34)33-17-7-9-19-35(33)42(40)46/h2-26,41H,1H3. The molecule has 9 aromatic rings. The van der Waals surface area contributed by atoms with E-state index >= 15 is 0 Å². The third kappa shape index (κ3) is 3.51. The first-order valence-electron chi connectivity index (χ1n) is 15.9. The van der Waals surface area contributed by atoms with Gasteiger partial charge in [-0.3, -0.25) is 4.57 Å². The van der Waals surface area contributed by atoms with E-state index in [0.29, 0.717) is 0 Å². The van der Waals surface area contributed by atoms with E-state index in [1.165, 1.54) is 70.5 Å². The van der Waals surface area contributed by atoms with Crippen LogP contribution in [0.2, 0.25) is 0 Å². The first-order valence-corrected chi connectivity index (χ1v) is 15.9. The highest BCUT2D eigenvalue weighted by atomic mass is 15.3. The van der Waals surface area contributed by atoms with Gasteiger partial charge in [0.15, 0.2) is 0 Å². The zero-order chi connectivity index (χ0) is 30.4. The fourth-order valence-electron chi connectivity index (χ4n) is 7.89. The molecule has 0 saturated heterocycles. The molecule has 1 aliphatic rings. The van der Waals surface area contributed by atoms with Crippen molar-refractivity contribution in [2.45, 2.75) is 6.04 Å². The Hall–Kier alpha value is -5.93. The number of aliphatic imine (C=N–C) groups is 1. The molecule has 3 nitrogen and oxygen atoms in total. The summed E-state index contributed by atoms with van der Waals surface area (Å²) in [6, 6.07) is 55.2. The average Bonchev–Trinajstić information content (AvgIpc) is 3.44. The lowest BCUT2D eigenvalue weighted by Gasteiger charge is -2.36. The molecule has 10 rings (SSSR count). The molecule has 0 spiro atoms. The predicted molar refractivity (Wildman–Crippen MR) is 194 cm³/mol. The minimum absolute atomic E-state index is 0.00650. The SMILES string of the molecule is CN1C(n2c3cc4ccccc4cc3c3c4ccccc4c4ccccc4c32)=Nc2ccccc2C1c1ccc2ccccc2c1. The summed E-state index contributed by atoms with van der Waals surface area (Å²) in [6.07, 6.45) is 0. The van der Waals surface area contributed by atoms with Gasteiger partial charge in [-0.2, -0.15) is 0 Å². The third-order valence-corrected chi connectivity index (χ3v) is 9.95. The maximum absolute atomic E-state index is 5.48. The Morgan fingerprint density at radius 3 is 1.87 bits per heavy atom. The van der Waals surface area contributed by atoms with Crippen LogP contribution in [0.15, 0.2) is 157 Å². The monoisotopic (exact) mass is 587 g/mol. The van der Waals surface area contributed by atoms with Crippen molar-refractivity contribution in [2.24, 2.45) is 4.99 Å². The van der Waals surface area contributed by atoms with Crippen LogP contribution in [0.3, 0.4) is 0 Å². The minimum Gasteiger partial charge on any atom is -0.334 e. The molecular formula is C43H29N3. The van der Waals surface area contributed by atoms with E-state index in [9.17, 15) is 0 Å². The molecule has 1 unspecified atom stereocenters. The van der Waals surface area contributed by atoms with E-state index < -0.39 is 0 Å². The van der Waals surface area contributed by atoms with Crippen LogP contribution in [-0.2, 0) is 0 Å². The highest BCUT2D eigenvalue weighted by molar-refractivity contribution is 6.34. The molecule has 0 radical (unpaired) electrons. The predicted octanol–water partition coefficient (Wildman–Crippen LogP) is 11.0. The van der Waals surface area contributed by atoms with Crippen LogP contribution in [0.5, 0.6) is 0 Å². The first kappa shape index (κ1) is 25.4. The summed E-state index contributed by atoms with van der Waals surface area (Å²) >= 11 is 0. The van der Waals surface area contributed by atoms with E-state index in [4.69, 9.17) is 4.99 Å². The minimum atomic E-state index is -0.00650. The summed E-state index contributed by atoms with van der Waals surface area (Å²) in [4.78, 5) is 7.86. The summed E-state index contributed by atoms with van der Waals surface area (Å²) in [5.74, 6) is 0.924. The van der Waals surface area contributed by atoms with Crippen LogP contribution < -0.4 is 0 Å². The number of hydrogen-bond donors (Lipinski definition) is 0. The fourth-order valence-corrected chi connectivity index (χ4v) is 7.89. The van der Waals surface area contributed by atoms with Gasteiger partial charge in [0.1, 0.15) is 0 Å². The number of fused-ring (bicyclic) bond motifs is 11. The van der Waals surface area contributed by atoms with Gasteiger partial charge in [-0.25, -0.2) is 4.99 Å². The molecule has 2 heterocycles. The molecule has 0 amide bonds. The maximum Gasteiger partial charge on any atom is 0.211 e. The number of nitrogens with zero attached hydrogens (tertiary/aromatic N) is 3. The van der Waals surface area contributed by atoms with Crippen molar-refractivity contribution >= 4 is 76.5 Å². The molecule has 0 fully saturated rings. The van der Waals surface area contributed by atoms with E-state index in [-0.39, 0.29) is 6.04 Å². The van der Waals surface area contributed by atoms with Gasteiger partial charge < -0.3 is 4.90 Å². The fraction of sp³-hybridized carbons (Fsp3) is 0.0465. The molecule has 8 aromatic carbocycles. The van der Waals surface area contributed by atoms with Gasteiger partial charge in [0.2, 0.25) is 5.96 Å². The number of para-hydroxylation sites is 1. The molecule has 1 aliphatic heterocycles. The van der Waals surface area contributed by atoms with Crippen molar-refractivity contribution in [3.8, 4) is 0 Å². The second-order valence-electron chi connectivity index (χ2n) is 12.5. The Morgan fingerprint density at radius 1 is 0.500 bits per heavy atom. The Bertz CT molecular complexity index is 2730. The van der Waals surface area contributed by atoms with Crippen LogP contribution in [0.1, 0.15) is 17.2 Å². The van der Waals surface area contributed by atoms with Gasteiger partial charge >= 0.3 is 0 Å². The number of aromatic nitrogens is 1. The number of hydrogen-bond acceptors (Lipinski definition) is 2. The van der Waals surface area contributed by atoms with Crippen molar-refractivity contribution < 1.29 is 0 Å². The molecule has 0 aliphatic carbocycles. The Kier molecular flexibility index (Phi) is 5.26. The zero-order valence-corrected chi connectivity index (χ0v) is 25.4. The van der Waals surface area contributed by atoms with Crippen molar-refractivity contribution in [1.29, 1.82) is 0 Å². The Labute approximate surface area is 266 Å². The normalized spacial score (nSPS) is 14.9. The topological polar surface area (TPSA) is 20.5 Å². The number of benzene rings is 8. The van der Waals surface area contributed by atoms with Crippen LogP contribution in [0, 0.1) is 0 Å². The highest BCUT2D eigenvalue weighted by Gasteiger charge is 2.32. The van der Waals surface area contributed by atoms with Crippen molar-refractivity contribution in [3.63, 3.8) is 0 Å². The Balaban J connectivity index is 1.36. The average molecular weight is 588 g/mol. The van der Waals surface area contributed by atoms with Gasteiger partial charge in [0.25, 0.3) is 0 Å². The summed E-state index contributed by atoms with van der Waals surface area (Å²) in [7, 11) is 2.20. The van der Waals surface area contributed by atoms with Crippen molar-refractivity contribution in [2.75, 3.05) is 7.05 Å². The molecule has 1 aromatic heterocycles. The third-order valence-electron chi connectivity index (χ3n) is 9.95. The smallest absolute Gasteiger partial charge is 0.211 e. The van der Waals surface area contributed by atoms with E-state index in [1.807, 2.05) is 0 Å². The van der Waals surface area contributed by atoms with Crippen LogP contribution in [-0.4, -0.2) is 22.5 Å². The first-order chi connectivity index (χ1) is 22.7. The molecule has 0 N–H and O–H groups in total. The lowest BCUT2D eigenvalue weighted by Crippen LogP contribution is -2.38. The van der Waals surface area contributed by atoms with Crippen LogP contribution >= 0.6 is 0 Å². The Morgan fingerprint density at radius 2 is 1.09 bits per heavy atom. The van der Waals surface area contributed by atoms with E-state index in [2.05, 4.69) is 168 Å². The molecule has 1 atom stereocenters. The molecular weight excluding hydrogens is 558 g/mol. The molecule has 46 heavy (non-hydrogen) atoms. The largest absolute Gasteiger partial charge is 0.334 e. The summed E-state index contributed by atoms with van der Waals surface area (Å²) < 4.78 is 2.44. The lowest BCUT2D eigenvalue weighted by molar-refractivity contribution is 0.410. The summed E-state index contributed by atoms with van der Waals surface area (Å²) in [5.41, 5.74) is 5.84. The van der Waals surface area contributed by atoms with Gasteiger partial charge in [0, 0.05) is 28.8 Å². The maximum atomic E-state index is 5.48. The molecule has 3 heteroatoms. The second kappa shape index (κ2) is 9.53. The number of rotatable bonds is 1. The zero-order valence-electron chi connectivity index (χ0n) is 25.4. The van der Waals surface area contributed by atoms with Crippen LogP contribution in [0.25, 0.3) is 64.9 Å². The van der Waals surface area contributed by atoms with Gasteiger partial charge in [-0.05, 0) is 67.5 Å². The lowest BCUT2D eigenvalue weighted by atomic mass is 9.93. The highest BCUT2D eigenvalue weighted by Crippen LogP contribution is 2.45. The second-order valence-corrected chi connectivity index (χ2v) is 12.5. The van der Waals surface area contributed by atoms with Crippen molar-refractivity contribution in [3.05, 3.63) is 163 Å². The van der Waals surface area contributed by atoms with Crippen LogP contribution in [0.4, 0.5) is 5.69 Å².